The molecule has 0 radical (unpaired) electrons. The van der Waals surface area contributed by atoms with Crippen molar-refractivity contribution in [1.29, 1.82) is 0 Å². The summed E-state index contributed by atoms with van der Waals surface area (Å²) in [4.78, 5) is 25.0. The molecule has 1 aromatic heterocycles. The molecule has 0 fully saturated rings. The molecule has 1 aliphatic rings. The molecular formula is C17H13BrN2O3. The zero-order chi connectivity index (χ0) is 16.1. The number of nitrogen functional groups attached to an aromatic ring is 1. The molecule has 1 aliphatic carbocycles. The van der Waals surface area contributed by atoms with Crippen LogP contribution in [0, 0.1) is 5.92 Å². The average Bonchev–Trinajstić information content (AvgIpc) is 3.06. The van der Waals surface area contributed by atoms with Gasteiger partial charge >= 0.3 is 5.76 Å². The van der Waals surface area contributed by atoms with Gasteiger partial charge in [0.15, 0.2) is 5.58 Å². The summed E-state index contributed by atoms with van der Waals surface area (Å²) < 4.78 is 7.25. The summed E-state index contributed by atoms with van der Waals surface area (Å²) in [7, 11) is 0. The van der Waals surface area contributed by atoms with E-state index in [4.69, 9.17) is 10.2 Å². The Labute approximate surface area is 139 Å². The van der Waals surface area contributed by atoms with Crippen molar-refractivity contribution in [2.75, 3.05) is 5.73 Å². The topological polar surface area (TPSA) is 78.2 Å². The Hall–Kier alpha value is -2.34. The maximum atomic E-state index is 12.9. The number of hydrogen-bond acceptors (Lipinski definition) is 4. The molecule has 0 amide bonds. The number of benzene rings is 2. The summed E-state index contributed by atoms with van der Waals surface area (Å²) in [6.45, 7) is 0. The Bertz CT molecular complexity index is 1000. The Morgan fingerprint density at radius 3 is 2.78 bits per heavy atom. The van der Waals surface area contributed by atoms with Gasteiger partial charge in [-0.1, -0.05) is 22.0 Å². The van der Waals surface area contributed by atoms with E-state index in [-0.39, 0.29) is 11.8 Å². The molecule has 23 heavy (non-hydrogen) atoms. The Balaban J connectivity index is 1.75. The van der Waals surface area contributed by atoms with E-state index in [0.717, 1.165) is 20.2 Å². The zero-order valence-corrected chi connectivity index (χ0v) is 13.7. The standard InChI is InChI=1S/C17H13BrN2O3/c18-12-2-1-9-5-11(6-10(9)7-12)16(21)20-14-8-13(19)3-4-15(14)23-17(20)22/h1-4,7-8,11H,5-6,19H2. The minimum absolute atomic E-state index is 0.244. The first-order chi connectivity index (χ1) is 11.0. The molecule has 0 spiro atoms. The van der Waals surface area contributed by atoms with Crippen LogP contribution in [0.1, 0.15) is 15.9 Å². The summed E-state index contributed by atoms with van der Waals surface area (Å²) in [6.07, 6.45) is 1.25. The van der Waals surface area contributed by atoms with Crippen LogP contribution in [0.15, 0.2) is 50.1 Å². The number of carbonyl (C=O) groups excluding carboxylic acids is 1. The number of carbonyl (C=O) groups is 1. The van der Waals surface area contributed by atoms with Crippen molar-refractivity contribution in [3.05, 3.63) is 62.5 Å². The number of nitrogens with zero attached hydrogens (tertiary/aromatic N) is 1. The molecule has 0 aliphatic heterocycles. The molecule has 0 bridgehead atoms. The minimum Gasteiger partial charge on any atom is -0.407 e. The first-order valence-corrected chi connectivity index (χ1v) is 8.05. The molecule has 1 unspecified atom stereocenters. The Morgan fingerprint density at radius 1 is 1.17 bits per heavy atom. The smallest absolute Gasteiger partial charge is 0.407 e. The molecule has 2 N–H and O–H groups in total. The van der Waals surface area contributed by atoms with Crippen molar-refractivity contribution >= 4 is 38.6 Å². The van der Waals surface area contributed by atoms with Gasteiger partial charge in [0.2, 0.25) is 5.91 Å². The van der Waals surface area contributed by atoms with Crippen LogP contribution in [0.4, 0.5) is 5.69 Å². The molecule has 0 saturated heterocycles. The fourth-order valence-electron chi connectivity index (χ4n) is 3.19. The van der Waals surface area contributed by atoms with Gasteiger partial charge in [0.05, 0.1) is 0 Å². The van der Waals surface area contributed by atoms with Gasteiger partial charge in [-0.25, -0.2) is 9.36 Å². The molecular weight excluding hydrogens is 360 g/mol. The van der Waals surface area contributed by atoms with Gasteiger partial charge in [-0.3, -0.25) is 4.79 Å². The highest BCUT2D eigenvalue weighted by atomic mass is 79.9. The molecule has 116 valence electrons. The van der Waals surface area contributed by atoms with Gasteiger partial charge in [-0.2, -0.15) is 0 Å². The van der Waals surface area contributed by atoms with E-state index in [9.17, 15) is 9.59 Å². The lowest BCUT2D eigenvalue weighted by Crippen LogP contribution is -2.29. The van der Waals surface area contributed by atoms with Crippen LogP contribution in [0.5, 0.6) is 0 Å². The van der Waals surface area contributed by atoms with E-state index in [1.807, 2.05) is 18.2 Å². The van der Waals surface area contributed by atoms with Crippen molar-refractivity contribution in [2.24, 2.45) is 5.92 Å². The second-order valence-electron chi connectivity index (χ2n) is 5.79. The minimum atomic E-state index is -0.660. The zero-order valence-electron chi connectivity index (χ0n) is 12.1. The van der Waals surface area contributed by atoms with E-state index in [2.05, 4.69) is 15.9 Å². The predicted octanol–water partition coefficient (Wildman–Crippen LogP) is 2.99. The SMILES string of the molecule is Nc1ccc2oc(=O)n(C(=O)C3Cc4ccc(Br)cc4C3)c2c1. The van der Waals surface area contributed by atoms with E-state index < -0.39 is 5.76 Å². The summed E-state index contributed by atoms with van der Waals surface area (Å²) in [6, 6.07) is 10.8. The van der Waals surface area contributed by atoms with Gasteiger partial charge in [-0.15, -0.1) is 0 Å². The largest absolute Gasteiger partial charge is 0.426 e. The quantitative estimate of drug-likeness (QED) is 0.666. The van der Waals surface area contributed by atoms with Crippen molar-refractivity contribution in [2.45, 2.75) is 12.8 Å². The lowest BCUT2D eigenvalue weighted by molar-refractivity contribution is 0.0835. The molecule has 6 heteroatoms. The van der Waals surface area contributed by atoms with Crippen molar-refractivity contribution in [3.8, 4) is 0 Å². The van der Waals surface area contributed by atoms with Gasteiger partial charge in [0, 0.05) is 16.1 Å². The van der Waals surface area contributed by atoms with E-state index in [0.29, 0.717) is 29.6 Å². The first-order valence-electron chi connectivity index (χ1n) is 7.25. The summed E-state index contributed by atoms with van der Waals surface area (Å²) in [5, 5.41) is 0. The number of halogens is 1. The third-order valence-corrected chi connectivity index (χ3v) is 4.77. The number of aromatic nitrogens is 1. The van der Waals surface area contributed by atoms with Crippen LogP contribution in [0.25, 0.3) is 11.1 Å². The van der Waals surface area contributed by atoms with Crippen LogP contribution in [-0.2, 0) is 12.8 Å². The van der Waals surface area contributed by atoms with Crippen molar-refractivity contribution in [1.82, 2.24) is 4.57 Å². The molecule has 0 saturated carbocycles. The number of anilines is 1. The molecule has 4 rings (SSSR count). The third-order valence-electron chi connectivity index (χ3n) is 4.27. The molecule has 5 nitrogen and oxygen atoms in total. The predicted molar refractivity (Wildman–Crippen MR) is 90.6 cm³/mol. The Morgan fingerprint density at radius 2 is 1.96 bits per heavy atom. The second kappa shape index (κ2) is 5.09. The third kappa shape index (κ3) is 2.30. The second-order valence-corrected chi connectivity index (χ2v) is 6.70. The number of fused-ring (bicyclic) bond motifs is 2. The lowest BCUT2D eigenvalue weighted by Gasteiger charge is -2.08. The normalized spacial score (nSPS) is 16.7. The molecule has 1 atom stereocenters. The molecule has 3 aromatic rings. The van der Waals surface area contributed by atoms with Gasteiger partial charge in [0.1, 0.15) is 5.52 Å². The number of nitrogens with two attached hydrogens (primary N) is 1. The first kappa shape index (κ1) is 14.3. The van der Waals surface area contributed by atoms with E-state index >= 15 is 0 Å². The van der Waals surface area contributed by atoms with Crippen LogP contribution in [-0.4, -0.2) is 10.5 Å². The lowest BCUT2D eigenvalue weighted by atomic mass is 10.1. The number of rotatable bonds is 1. The molecule has 2 aromatic carbocycles. The molecule has 1 heterocycles. The highest BCUT2D eigenvalue weighted by Gasteiger charge is 2.31. The fraction of sp³-hybridized carbons (Fsp3) is 0.176. The van der Waals surface area contributed by atoms with E-state index in [1.54, 1.807) is 18.2 Å². The average molecular weight is 373 g/mol. The fourth-order valence-corrected chi connectivity index (χ4v) is 3.59. The van der Waals surface area contributed by atoms with Gasteiger partial charge in [-0.05, 0) is 54.3 Å². The van der Waals surface area contributed by atoms with Crippen LogP contribution < -0.4 is 11.5 Å². The van der Waals surface area contributed by atoms with Crippen molar-refractivity contribution in [3.63, 3.8) is 0 Å². The maximum absolute atomic E-state index is 12.9. The van der Waals surface area contributed by atoms with Crippen LogP contribution in [0.3, 0.4) is 0 Å². The monoisotopic (exact) mass is 372 g/mol. The number of hydrogen-bond donors (Lipinski definition) is 1. The summed E-state index contributed by atoms with van der Waals surface area (Å²) >= 11 is 3.44. The highest BCUT2D eigenvalue weighted by molar-refractivity contribution is 9.10. The summed E-state index contributed by atoms with van der Waals surface area (Å²) in [5.41, 5.74) is 9.33. The van der Waals surface area contributed by atoms with Crippen LogP contribution in [0.2, 0.25) is 0 Å². The maximum Gasteiger partial charge on any atom is 0.426 e. The van der Waals surface area contributed by atoms with E-state index in [1.165, 1.54) is 0 Å². The van der Waals surface area contributed by atoms with Crippen LogP contribution >= 0.6 is 15.9 Å². The van der Waals surface area contributed by atoms with Crippen molar-refractivity contribution < 1.29 is 9.21 Å². The van der Waals surface area contributed by atoms with Gasteiger partial charge < -0.3 is 10.2 Å². The van der Waals surface area contributed by atoms with Gasteiger partial charge in [0.25, 0.3) is 0 Å². The Kier molecular flexibility index (Phi) is 3.16. The summed E-state index contributed by atoms with van der Waals surface area (Å²) in [5.74, 6) is -1.17. The number of oxazole rings is 1. The highest BCUT2D eigenvalue weighted by Crippen LogP contribution is 2.30.